The van der Waals surface area contributed by atoms with Gasteiger partial charge in [-0.15, -0.1) is 0 Å². The fourth-order valence-corrected chi connectivity index (χ4v) is 5.78. The van der Waals surface area contributed by atoms with Crippen LogP contribution in [0.5, 0.6) is 0 Å². The normalized spacial score (nSPS) is 18.9. The Morgan fingerprint density at radius 3 is 2.17 bits per heavy atom. The van der Waals surface area contributed by atoms with Gasteiger partial charge in [0.1, 0.15) is 6.10 Å². The molecule has 1 aliphatic rings. The molecular formula is C29H48N3O7P. The predicted molar refractivity (Wildman–Crippen MR) is 155 cm³/mol. The van der Waals surface area contributed by atoms with Crippen LogP contribution < -0.4 is 11.2 Å². The number of aryl methyl sites for hydroxylation is 1. The minimum Gasteiger partial charge on any atom is -0.344 e. The van der Waals surface area contributed by atoms with Gasteiger partial charge in [-0.05, 0) is 19.4 Å². The van der Waals surface area contributed by atoms with Crippen molar-refractivity contribution in [3.05, 3.63) is 44.8 Å². The molecular weight excluding hydrogens is 533 g/mol. The van der Waals surface area contributed by atoms with Crippen LogP contribution in [0.4, 0.5) is 0 Å². The van der Waals surface area contributed by atoms with Gasteiger partial charge in [-0.3, -0.25) is 23.4 Å². The monoisotopic (exact) mass is 581 g/mol. The summed E-state index contributed by atoms with van der Waals surface area (Å²) < 4.78 is 30.2. The first-order valence-electron chi connectivity index (χ1n) is 15.0. The zero-order valence-electron chi connectivity index (χ0n) is 24.2. The number of phosphoric acid groups is 1. The van der Waals surface area contributed by atoms with Crippen molar-refractivity contribution in [3.63, 3.8) is 0 Å². The SMILES string of the molecule is CCCCCCCCCCCCCCCCC(OP(=O)(O)OCCC#N)[C@@H]1C=C[C@H](n2cc(C)c(=O)[nH]c2=O)O1. The molecule has 0 bridgehead atoms. The Morgan fingerprint density at radius 1 is 1.02 bits per heavy atom. The molecule has 2 rings (SSSR count). The highest BCUT2D eigenvalue weighted by atomic mass is 31.2. The summed E-state index contributed by atoms with van der Waals surface area (Å²) in [6, 6.07) is 1.86. The third kappa shape index (κ3) is 13.1. The molecule has 1 aliphatic heterocycles. The molecule has 0 radical (unpaired) electrons. The van der Waals surface area contributed by atoms with Crippen molar-refractivity contribution >= 4 is 7.82 Å². The first-order chi connectivity index (χ1) is 19.3. The molecule has 0 aliphatic carbocycles. The number of rotatable bonds is 22. The average Bonchev–Trinajstić information content (AvgIpc) is 3.40. The van der Waals surface area contributed by atoms with Crippen LogP contribution in [0.1, 0.15) is 121 Å². The van der Waals surface area contributed by atoms with Gasteiger partial charge in [-0.2, -0.15) is 5.26 Å². The van der Waals surface area contributed by atoms with E-state index in [1.54, 1.807) is 19.1 Å². The van der Waals surface area contributed by atoms with Crippen LogP contribution in [0.25, 0.3) is 0 Å². The second kappa shape index (κ2) is 19.2. The molecule has 2 N–H and O–H groups in total. The summed E-state index contributed by atoms with van der Waals surface area (Å²) in [5.74, 6) is 0. The molecule has 0 spiro atoms. The molecule has 0 aromatic carbocycles. The van der Waals surface area contributed by atoms with E-state index in [1.165, 1.54) is 75.0 Å². The van der Waals surface area contributed by atoms with Crippen LogP contribution in [-0.4, -0.2) is 33.3 Å². The summed E-state index contributed by atoms with van der Waals surface area (Å²) >= 11 is 0. The lowest BCUT2D eigenvalue weighted by atomic mass is 10.0. The Hall–Kier alpha value is -2.02. The van der Waals surface area contributed by atoms with Crippen molar-refractivity contribution in [1.82, 2.24) is 9.55 Å². The van der Waals surface area contributed by atoms with Gasteiger partial charge in [0.05, 0.1) is 25.2 Å². The zero-order valence-corrected chi connectivity index (χ0v) is 25.1. The van der Waals surface area contributed by atoms with Gasteiger partial charge in [0.2, 0.25) is 0 Å². The Morgan fingerprint density at radius 2 is 1.60 bits per heavy atom. The number of hydrogen-bond donors (Lipinski definition) is 2. The van der Waals surface area contributed by atoms with E-state index in [0.29, 0.717) is 12.0 Å². The molecule has 1 aromatic heterocycles. The van der Waals surface area contributed by atoms with E-state index >= 15 is 0 Å². The third-order valence-electron chi connectivity index (χ3n) is 7.13. The summed E-state index contributed by atoms with van der Waals surface area (Å²) in [5.41, 5.74) is -0.710. The molecule has 2 heterocycles. The molecule has 11 heteroatoms. The Bertz CT molecular complexity index is 1090. The second-order valence-electron chi connectivity index (χ2n) is 10.6. The number of ether oxygens (including phenoxy) is 1. The molecule has 40 heavy (non-hydrogen) atoms. The number of nitrogens with one attached hydrogen (secondary N) is 1. The van der Waals surface area contributed by atoms with Crippen LogP contribution in [0.15, 0.2) is 27.9 Å². The van der Waals surface area contributed by atoms with Gasteiger partial charge in [0.25, 0.3) is 5.56 Å². The van der Waals surface area contributed by atoms with Crippen molar-refractivity contribution in [1.29, 1.82) is 5.26 Å². The van der Waals surface area contributed by atoms with E-state index in [0.717, 1.165) is 25.7 Å². The Kier molecular flexibility index (Phi) is 16.4. The van der Waals surface area contributed by atoms with E-state index in [1.807, 2.05) is 6.07 Å². The highest BCUT2D eigenvalue weighted by Crippen LogP contribution is 2.47. The van der Waals surface area contributed by atoms with Crippen LogP contribution in [-0.2, 0) is 18.3 Å². The van der Waals surface area contributed by atoms with Gasteiger partial charge < -0.3 is 9.63 Å². The lowest BCUT2D eigenvalue weighted by Crippen LogP contribution is -2.35. The maximum absolute atomic E-state index is 12.5. The minimum atomic E-state index is -4.42. The maximum Gasteiger partial charge on any atom is 0.472 e. The third-order valence-corrected chi connectivity index (χ3v) is 8.17. The Balaban J connectivity index is 1.79. The number of hydrogen-bond acceptors (Lipinski definition) is 7. The average molecular weight is 582 g/mol. The largest absolute Gasteiger partial charge is 0.472 e. The van der Waals surface area contributed by atoms with Crippen molar-refractivity contribution in [3.8, 4) is 6.07 Å². The second-order valence-corrected chi connectivity index (χ2v) is 12.0. The quantitative estimate of drug-likeness (QED) is 0.0887. The molecule has 10 nitrogen and oxygen atoms in total. The van der Waals surface area contributed by atoms with Crippen molar-refractivity contribution in [2.45, 2.75) is 135 Å². The molecule has 0 fully saturated rings. The number of phosphoric ester groups is 1. The smallest absolute Gasteiger partial charge is 0.344 e. The number of unbranched alkanes of at least 4 members (excludes halogenated alkanes) is 13. The number of H-pyrrole nitrogens is 1. The van der Waals surface area contributed by atoms with Crippen LogP contribution in [0, 0.1) is 18.3 Å². The minimum absolute atomic E-state index is 0.0338. The highest BCUT2D eigenvalue weighted by Gasteiger charge is 2.35. The Labute approximate surface area is 238 Å². The van der Waals surface area contributed by atoms with Gasteiger partial charge in [-0.1, -0.05) is 103 Å². The number of nitrogens with zero attached hydrogens (tertiary/aromatic N) is 2. The predicted octanol–water partition coefficient (Wildman–Crippen LogP) is 6.59. The molecule has 4 atom stereocenters. The van der Waals surface area contributed by atoms with Gasteiger partial charge >= 0.3 is 13.5 Å². The number of aromatic amines is 1. The molecule has 0 amide bonds. The fourth-order valence-electron chi connectivity index (χ4n) is 4.83. The lowest BCUT2D eigenvalue weighted by Gasteiger charge is -2.26. The van der Waals surface area contributed by atoms with E-state index in [9.17, 15) is 19.0 Å². The van der Waals surface area contributed by atoms with E-state index < -0.39 is 37.5 Å². The summed E-state index contributed by atoms with van der Waals surface area (Å²) in [5, 5.41) is 8.69. The standard InChI is InChI=1S/C29H48N3O7P/c1-3-4-5-6-7-8-9-10-11-12-13-14-15-16-18-26(39-40(35,36)37-22-17-21-30)25-19-20-27(38-25)32-23-24(2)28(33)31-29(32)34/h19-20,23,25-27H,3-18,22H2,1-2H3,(H,35,36)(H,31,33,34)/t25-,26?,27+/m0/s1. The molecule has 0 saturated carbocycles. The van der Waals surface area contributed by atoms with Gasteiger partial charge in [-0.25, -0.2) is 9.36 Å². The molecule has 0 saturated heterocycles. The van der Waals surface area contributed by atoms with Crippen molar-refractivity contribution < 1.29 is 23.2 Å². The number of aromatic nitrogens is 2. The fraction of sp³-hybridized carbons (Fsp3) is 0.759. The number of nitriles is 1. The zero-order chi connectivity index (χ0) is 29.2. The summed E-state index contributed by atoms with van der Waals surface area (Å²) in [4.78, 5) is 36.5. The van der Waals surface area contributed by atoms with Crippen LogP contribution in [0.2, 0.25) is 0 Å². The van der Waals surface area contributed by atoms with Gasteiger partial charge in [0.15, 0.2) is 6.23 Å². The van der Waals surface area contributed by atoms with E-state index in [4.69, 9.17) is 19.0 Å². The van der Waals surface area contributed by atoms with Gasteiger partial charge in [0, 0.05) is 11.8 Å². The highest BCUT2D eigenvalue weighted by molar-refractivity contribution is 7.47. The maximum atomic E-state index is 12.5. The lowest BCUT2D eigenvalue weighted by molar-refractivity contribution is -0.0514. The first kappa shape index (κ1) is 34.2. The van der Waals surface area contributed by atoms with Crippen LogP contribution >= 0.6 is 7.82 Å². The summed E-state index contributed by atoms with van der Waals surface area (Å²) in [6.45, 7) is 3.62. The van der Waals surface area contributed by atoms with E-state index in [2.05, 4.69) is 11.9 Å². The van der Waals surface area contributed by atoms with Crippen molar-refractivity contribution in [2.24, 2.45) is 0 Å². The van der Waals surface area contributed by atoms with E-state index in [-0.39, 0.29) is 13.0 Å². The van der Waals surface area contributed by atoms with Crippen molar-refractivity contribution in [2.75, 3.05) is 6.61 Å². The molecule has 226 valence electrons. The molecule has 2 unspecified atom stereocenters. The summed E-state index contributed by atoms with van der Waals surface area (Å²) in [6.07, 6.45) is 20.1. The topological polar surface area (TPSA) is 144 Å². The summed E-state index contributed by atoms with van der Waals surface area (Å²) in [7, 11) is -4.42. The molecule has 1 aromatic rings. The first-order valence-corrected chi connectivity index (χ1v) is 16.5. The van der Waals surface area contributed by atoms with Crippen LogP contribution in [0.3, 0.4) is 0 Å².